The number of amides is 1. The lowest BCUT2D eigenvalue weighted by molar-refractivity contribution is -0.110. The molecule has 0 aliphatic carbocycles. The highest BCUT2D eigenvalue weighted by Crippen LogP contribution is 2.37. The Morgan fingerprint density at radius 3 is 2.85 bits per heavy atom. The first-order chi connectivity index (χ1) is 13.0. The molecule has 3 heterocycles. The molecule has 2 aromatic rings. The standard InChI is InChI=1S/C20H22FN3O3/c1-11(2)27-18-8-14-15(20(25)24-17(14)9-16(18)21)7-13-10-22-19(23-13)12-3-5-26-6-4-12/h7-12H,3-6H2,1-2H3,(H,22,23)(H,24,25). The van der Waals surface area contributed by atoms with Gasteiger partial charge in [-0.1, -0.05) is 0 Å². The number of halogens is 1. The summed E-state index contributed by atoms with van der Waals surface area (Å²) in [7, 11) is 0. The first kappa shape index (κ1) is 17.7. The molecule has 0 radical (unpaired) electrons. The number of fused-ring (bicyclic) bond motifs is 1. The zero-order valence-corrected chi connectivity index (χ0v) is 15.3. The lowest BCUT2D eigenvalue weighted by Crippen LogP contribution is -2.15. The summed E-state index contributed by atoms with van der Waals surface area (Å²) in [6.45, 7) is 5.13. The molecule has 142 valence electrons. The number of aromatic nitrogens is 2. The topological polar surface area (TPSA) is 76.2 Å². The molecule has 27 heavy (non-hydrogen) atoms. The number of ether oxygens (including phenoxy) is 2. The molecule has 1 amide bonds. The third-order valence-corrected chi connectivity index (χ3v) is 4.74. The second kappa shape index (κ2) is 7.15. The normalized spacial score (nSPS) is 18.8. The van der Waals surface area contributed by atoms with E-state index in [0.29, 0.717) is 22.7 Å². The summed E-state index contributed by atoms with van der Waals surface area (Å²) in [6.07, 6.45) is 5.17. The molecule has 2 aliphatic rings. The van der Waals surface area contributed by atoms with Crippen LogP contribution in [0.4, 0.5) is 10.1 Å². The van der Waals surface area contributed by atoms with Gasteiger partial charge < -0.3 is 19.8 Å². The molecule has 1 aromatic carbocycles. The Kier molecular flexibility index (Phi) is 4.70. The first-order valence-electron chi connectivity index (χ1n) is 9.17. The van der Waals surface area contributed by atoms with Gasteiger partial charge in [0.2, 0.25) is 0 Å². The Labute approximate surface area is 156 Å². The van der Waals surface area contributed by atoms with Gasteiger partial charge in [-0.15, -0.1) is 0 Å². The van der Waals surface area contributed by atoms with Crippen LogP contribution >= 0.6 is 0 Å². The molecule has 6 nitrogen and oxygen atoms in total. The molecule has 2 N–H and O–H groups in total. The van der Waals surface area contributed by atoms with Crippen LogP contribution in [-0.2, 0) is 9.53 Å². The fourth-order valence-corrected chi connectivity index (χ4v) is 3.44. The summed E-state index contributed by atoms with van der Waals surface area (Å²) >= 11 is 0. The van der Waals surface area contributed by atoms with Crippen molar-refractivity contribution in [2.75, 3.05) is 18.5 Å². The molecule has 0 spiro atoms. The molecule has 1 saturated heterocycles. The third kappa shape index (κ3) is 3.60. The van der Waals surface area contributed by atoms with E-state index in [0.717, 1.165) is 37.6 Å². The van der Waals surface area contributed by atoms with Gasteiger partial charge in [0.25, 0.3) is 5.91 Å². The molecule has 1 fully saturated rings. The van der Waals surface area contributed by atoms with E-state index in [4.69, 9.17) is 9.47 Å². The monoisotopic (exact) mass is 371 g/mol. The molecule has 0 saturated carbocycles. The number of anilines is 1. The highest BCUT2D eigenvalue weighted by Gasteiger charge is 2.27. The van der Waals surface area contributed by atoms with Crippen molar-refractivity contribution in [2.24, 2.45) is 0 Å². The molecular weight excluding hydrogens is 349 g/mol. The van der Waals surface area contributed by atoms with Crippen LogP contribution in [0.3, 0.4) is 0 Å². The van der Waals surface area contributed by atoms with Crippen LogP contribution in [0.2, 0.25) is 0 Å². The van der Waals surface area contributed by atoms with Crippen molar-refractivity contribution in [1.82, 2.24) is 9.97 Å². The Morgan fingerprint density at radius 1 is 1.33 bits per heavy atom. The molecule has 1 aromatic heterocycles. The van der Waals surface area contributed by atoms with Crippen LogP contribution in [-0.4, -0.2) is 35.2 Å². The highest BCUT2D eigenvalue weighted by molar-refractivity contribution is 6.34. The molecule has 4 rings (SSSR count). The number of imidazole rings is 1. The minimum Gasteiger partial charge on any atom is -0.488 e. The van der Waals surface area contributed by atoms with Gasteiger partial charge >= 0.3 is 0 Å². The highest BCUT2D eigenvalue weighted by atomic mass is 19.1. The Hall–Kier alpha value is -2.67. The Balaban J connectivity index is 1.65. The van der Waals surface area contributed by atoms with E-state index in [-0.39, 0.29) is 17.8 Å². The maximum Gasteiger partial charge on any atom is 0.256 e. The van der Waals surface area contributed by atoms with Crippen LogP contribution in [0.1, 0.15) is 49.7 Å². The summed E-state index contributed by atoms with van der Waals surface area (Å²) in [5, 5.41) is 2.71. The number of nitrogens with one attached hydrogen (secondary N) is 2. The van der Waals surface area contributed by atoms with Crippen LogP contribution in [0.5, 0.6) is 5.75 Å². The average Bonchev–Trinajstić information content (AvgIpc) is 3.22. The van der Waals surface area contributed by atoms with Crippen LogP contribution in [0.25, 0.3) is 11.6 Å². The molecule has 0 bridgehead atoms. The predicted octanol–water partition coefficient (Wildman–Crippen LogP) is 3.72. The summed E-state index contributed by atoms with van der Waals surface area (Å²) in [4.78, 5) is 20.1. The average molecular weight is 371 g/mol. The number of hydrogen-bond donors (Lipinski definition) is 2. The maximum atomic E-state index is 14.2. The van der Waals surface area contributed by atoms with Gasteiger partial charge in [-0.25, -0.2) is 9.37 Å². The van der Waals surface area contributed by atoms with E-state index in [1.54, 1.807) is 18.3 Å². The van der Waals surface area contributed by atoms with Gasteiger partial charge in [0, 0.05) is 30.8 Å². The number of H-pyrrole nitrogens is 1. The number of nitrogens with zero attached hydrogens (tertiary/aromatic N) is 1. The molecule has 0 unspecified atom stereocenters. The van der Waals surface area contributed by atoms with Gasteiger partial charge in [-0.05, 0) is 38.8 Å². The minimum absolute atomic E-state index is 0.138. The van der Waals surface area contributed by atoms with E-state index in [1.807, 2.05) is 13.8 Å². The number of aromatic amines is 1. The molecule has 2 aliphatic heterocycles. The predicted molar refractivity (Wildman–Crippen MR) is 100 cm³/mol. The van der Waals surface area contributed by atoms with Crippen LogP contribution in [0, 0.1) is 5.82 Å². The van der Waals surface area contributed by atoms with Crippen LogP contribution < -0.4 is 10.1 Å². The Morgan fingerprint density at radius 2 is 2.11 bits per heavy atom. The van der Waals surface area contributed by atoms with E-state index in [2.05, 4.69) is 15.3 Å². The SMILES string of the molecule is CC(C)Oc1cc2c(cc1F)NC(=O)C2=Cc1cnc(C2CCOCC2)[nH]1. The minimum atomic E-state index is -0.493. The zero-order chi connectivity index (χ0) is 19.0. The summed E-state index contributed by atoms with van der Waals surface area (Å²) < 4.78 is 25.1. The van der Waals surface area contributed by atoms with Gasteiger partial charge in [0.05, 0.1) is 29.3 Å². The van der Waals surface area contributed by atoms with E-state index < -0.39 is 5.82 Å². The number of carbonyl (C=O) groups is 1. The number of hydrogen-bond acceptors (Lipinski definition) is 4. The van der Waals surface area contributed by atoms with Crippen molar-refractivity contribution in [3.63, 3.8) is 0 Å². The third-order valence-electron chi connectivity index (χ3n) is 4.74. The largest absolute Gasteiger partial charge is 0.488 e. The Bertz CT molecular complexity index is 898. The van der Waals surface area contributed by atoms with E-state index in [9.17, 15) is 9.18 Å². The number of carbonyl (C=O) groups excluding carboxylic acids is 1. The summed E-state index contributed by atoms with van der Waals surface area (Å²) in [5.41, 5.74) is 2.27. The van der Waals surface area contributed by atoms with Gasteiger partial charge in [-0.3, -0.25) is 4.79 Å². The van der Waals surface area contributed by atoms with E-state index in [1.165, 1.54) is 6.07 Å². The summed E-state index contributed by atoms with van der Waals surface area (Å²) in [6, 6.07) is 2.87. The van der Waals surface area contributed by atoms with Gasteiger partial charge in [-0.2, -0.15) is 0 Å². The number of rotatable bonds is 4. The smallest absolute Gasteiger partial charge is 0.256 e. The summed E-state index contributed by atoms with van der Waals surface area (Å²) in [5.74, 6) is 0.627. The lowest BCUT2D eigenvalue weighted by Gasteiger charge is -2.19. The van der Waals surface area contributed by atoms with Crippen molar-refractivity contribution in [3.05, 3.63) is 41.2 Å². The maximum absolute atomic E-state index is 14.2. The van der Waals surface area contributed by atoms with Gasteiger partial charge in [0.1, 0.15) is 5.82 Å². The molecular formula is C20H22FN3O3. The second-order valence-electron chi connectivity index (χ2n) is 7.12. The fourth-order valence-electron chi connectivity index (χ4n) is 3.44. The van der Waals surface area contributed by atoms with Crippen molar-refractivity contribution >= 4 is 23.2 Å². The quantitative estimate of drug-likeness (QED) is 0.803. The second-order valence-corrected chi connectivity index (χ2v) is 7.12. The number of benzene rings is 1. The molecule has 7 heteroatoms. The van der Waals surface area contributed by atoms with E-state index >= 15 is 0 Å². The van der Waals surface area contributed by atoms with Crippen molar-refractivity contribution in [3.8, 4) is 5.75 Å². The molecule has 0 atom stereocenters. The fraction of sp³-hybridized carbons (Fsp3) is 0.400. The zero-order valence-electron chi connectivity index (χ0n) is 15.3. The van der Waals surface area contributed by atoms with Crippen molar-refractivity contribution in [2.45, 2.75) is 38.7 Å². The van der Waals surface area contributed by atoms with Crippen molar-refractivity contribution in [1.29, 1.82) is 0 Å². The van der Waals surface area contributed by atoms with Gasteiger partial charge in [0.15, 0.2) is 11.6 Å². The first-order valence-corrected chi connectivity index (χ1v) is 9.17. The van der Waals surface area contributed by atoms with Crippen molar-refractivity contribution < 1.29 is 18.7 Å². The lowest BCUT2D eigenvalue weighted by atomic mass is 10.00. The van der Waals surface area contributed by atoms with Crippen LogP contribution in [0.15, 0.2) is 18.3 Å².